The Morgan fingerprint density at radius 1 is 1.16 bits per heavy atom. The summed E-state index contributed by atoms with van der Waals surface area (Å²) in [5.41, 5.74) is 7.52. The summed E-state index contributed by atoms with van der Waals surface area (Å²) >= 11 is 2.53. The molecule has 162 valence electrons. The van der Waals surface area contributed by atoms with Crippen molar-refractivity contribution in [1.82, 2.24) is 14.8 Å². The molecule has 2 heterocycles. The quantitative estimate of drug-likeness (QED) is 0.383. The number of thioether (sulfide) groups is 1. The summed E-state index contributed by atoms with van der Waals surface area (Å²) in [6.45, 7) is 0. The van der Waals surface area contributed by atoms with E-state index in [2.05, 4.69) is 15.5 Å². The number of ether oxygens (including phenoxy) is 1. The van der Waals surface area contributed by atoms with Crippen LogP contribution in [0.2, 0.25) is 0 Å². The smallest absolute Gasteiger partial charge is 0.251 e. The van der Waals surface area contributed by atoms with Crippen LogP contribution in [0.4, 0.5) is 5.00 Å². The number of nitrogens with two attached hydrogens (primary N) is 1. The maximum absolute atomic E-state index is 12.6. The predicted octanol–water partition coefficient (Wildman–Crippen LogP) is 3.83. The largest absolute Gasteiger partial charge is 0.495 e. The number of carbonyl (C=O) groups is 2. The van der Waals surface area contributed by atoms with Gasteiger partial charge in [-0.15, -0.1) is 21.5 Å². The molecule has 4 rings (SSSR count). The average Bonchev–Trinajstić information content (AvgIpc) is 3.45. The minimum Gasteiger partial charge on any atom is -0.495 e. The molecule has 0 saturated heterocycles. The number of thiophene rings is 1. The van der Waals surface area contributed by atoms with Crippen LogP contribution in [0.1, 0.15) is 10.4 Å². The lowest BCUT2D eigenvalue weighted by atomic mass is 10.1. The Morgan fingerprint density at radius 2 is 1.91 bits per heavy atom. The number of primary amides is 1. The highest BCUT2D eigenvalue weighted by atomic mass is 32.2. The fraction of sp³-hybridized carbons (Fsp3) is 0.0909. The van der Waals surface area contributed by atoms with E-state index in [9.17, 15) is 9.59 Å². The number of nitrogens with zero attached hydrogens (tertiary/aromatic N) is 3. The average molecular weight is 466 g/mol. The van der Waals surface area contributed by atoms with Gasteiger partial charge in [0.1, 0.15) is 17.1 Å². The van der Waals surface area contributed by atoms with Gasteiger partial charge in [0.15, 0.2) is 5.16 Å². The fourth-order valence-electron chi connectivity index (χ4n) is 3.02. The summed E-state index contributed by atoms with van der Waals surface area (Å²) in [5, 5.41) is 11.8. The van der Waals surface area contributed by atoms with Gasteiger partial charge in [-0.2, -0.15) is 0 Å². The van der Waals surface area contributed by atoms with E-state index in [1.54, 1.807) is 24.1 Å². The molecule has 0 unspecified atom stereocenters. The van der Waals surface area contributed by atoms with Crippen molar-refractivity contribution in [2.45, 2.75) is 5.16 Å². The lowest BCUT2D eigenvalue weighted by Gasteiger charge is -2.10. The summed E-state index contributed by atoms with van der Waals surface area (Å²) in [6, 6.07) is 18.8. The van der Waals surface area contributed by atoms with Gasteiger partial charge >= 0.3 is 0 Å². The number of para-hydroxylation sites is 2. The Balaban J connectivity index is 1.48. The number of amides is 2. The summed E-state index contributed by atoms with van der Waals surface area (Å²) in [6.07, 6.45) is 1.56. The predicted molar refractivity (Wildman–Crippen MR) is 126 cm³/mol. The Bertz CT molecular complexity index is 1250. The maximum atomic E-state index is 12.6. The van der Waals surface area contributed by atoms with Crippen molar-refractivity contribution in [2.24, 2.45) is 5.73 Å². The van der Waals surface area contributed by atoms with E-state index >= 15 is 0 Å². The van der Waals surface area contributed by atoms with Crippen LogP contribution in [0.15, 0.2) is 72.1 Å². The molecule has 2 amide bonds. The van der Waals surface area contributed by atoms with E-state index in [0.29, 0.717) is 15.9 Å². The second-order valence-corrected chi connectivity index (χ2v) is 8.57. The van der Waals surface area contributed by atoms with Crippen molar-refractivity contribution in [3.8, 4) is 21.9 Å². The monoisotopic (exact) mass is 465 g/mol. The van der Waals surface area contributed by atoms with Crippen molar-refractivity contribution in [3.05, 3.63) is 72.6 Å². The molecule has 0 radical (unpaired) electrons. The zero-order valence-electron chi connectivity index (χ0n) is 17.0. The highest BCUT2D eigenvalue weighted by Crippen LogP contribution is 2.35. The third kappa shape index (κ3) is 4.66. The molecule has 4 aromatic rings. The van der Waals surface area contributed by atoms with E-state index in [1.807, 2.05) is 54.6 Å². The minimum atomic E-state index is -0.595. The molecule has 0 aliphatic heterocycles. The first-order valence-corrected chi connectivity index (χ1v) is 11.3. The molecular formula is C22H19N5O3S2. The lowest BCUT2D eigenvalue weighted by Crippen LogP contribution is -2.18. The summed E-state index contributed by atoms with van der Waals surface area (Å²) in [4.78, 5) is 25.4. The normalized spacial score (nSPS) is 10.7. The molecule has 0 aliphatic carbocycles. The van der Waals surface area contributed by atoms with Gasteiger partial charge in [-0.25, -0.2) is 0 Å². The zero-order valence-corrected chi connectivity index (χ0v) is 18.7. The number of hydrogen-bond donors (Lipinski definition) is 2. The van der Waals surface area contributed by atoms with Gasteiger partial charge in [0.25, 0.3) is 5.91 Å². The number of rotatable bonds is 8. The molecule has 2 aromatic carbocycles. The Hall–Kier alpha value is -3.63. The molecule has 0 aliphatic rings. The van der Waals surface area contributed by atoms with E-state index in [1.165, 1.54) is 23.1 Å². The highest BCUT2D eigenvalue weighted by Gasteiger charge is 2.18. The standard InChI is InChI=1S/C22H19N5O3S2/c1-30-17-10-6-5-9-16(17)27-13-24-26-22(27)31-12-19(28)25-21-15(20(23)29)11-18(32-21)14-7-3-2-4-8-14/h2-11,13H,12H2,1H3,(H2,23,29)(H,25,28). The van der Waals surface area contributed by atoms with Crippen LogP contribution in [0.5, 0.6) is 5.75 Å². The number of methoxy groups -OCH3 is 1. The Morgan fingerprint density at radius 3 is 2.66 bits per heavy atom. The van der Waals surface area contributed by atoms with Crippen LogP contribution in [0.3, 0.4) is 0 Å². The molecule has 0 spiro atoms. The number of carbonyl (C=O) groups excluding carboxylic acids is 2. The summed E-state index contributed by atoms with van der Waals surface area (Å²) in [7, 11) is 1.59. The van der Waals surface area contributed by atoms with Crippen LogP contribution >= 0.6 is 23.1 Å². The maximum Gasteiger partial charge on any atom is 0.251 e. The molecule has 0 fully saturated rings. The third-order valence-electron chi connectivity index (χ3n) is 4.50. The first kappa shape index (κ1) is 21.6. The second-order valence-electron chi connectivity index (χ2n) is 6.58. The first-order chi connectivity index (χ1) is 15.6. The Labute approximate surface area is 192 Å². The van der Waals surface area contributed by atoms with E-state index in [0.717, 1.165) is 16.1 Å². The van der Waals surface area contributed by atoms with Crippen LogP contribution in [0.25, 0.3) is 16.1 Å². The van der Waals surface area contributed by atoms with Crippen molar-refractivity contribution in [2.75, 3.05) is 18.2 Å². The number of nitrogens with one attached hydrogen (secondary N) is 1. The molecule has 0 saturated carbocycles. The van der Waals surface area contributed by atoms with E-state index in [-0.39, 0.29) is 17.2 Å². The minimum absolute atomic E-state index is 0.0740. The number of anilines is 1. The molecular weight excluding hydrogens is 446 g/mol. The van der Waals surface area contributed by atoms with Gasteiger partial charge in [-0.1, -0.05) is 54.2 Å². The molecule has 8 nitrogen and oxygen atoms in total. The van der Waals surface area contributed by atoms with Crippen LogP contribution in [0, 0.1) is 0 Å². The lowest BCUT2D eigenvalue weighted by molar-refractivity contribution is -0.113. The van der Waals surface area contributed by atoms with Crippen LogP contribution < -0.4 is 15.8 Å². The van der Waals surface area contributed by atoms with Gasteiger partial charge in [-0.3, -0.25) is 14.2 Å². The van der Waals surface area contributed by atoms with Crippen LogP contribution in [-0.4, -0.2) is 39.4 Å². The summed E-state index contributed by atoms with van der Waals surface area (Å²) in [5.74, 6) is -0.141. The third-order valence-corrected chi connectivity index (χ3v) is 6.54. The molecule has 32 heavy (non-hydrogen) atoms. The van der Waals surface area contributed by atoms with E-state index < -0.39 is 5.91 Å². The van der Waals surface area contributed by atoms with Gasteiger partial charge in [0.05, 0.1) is 24.1 Å². The second kappa shape index (κ2) is 9.67. The summed E-state index contributed by atoms with van der Waals surface area (Å²) < 4.78 is 7.15. The van der Waals surface area contributed by atoms with Gasteiger partial charge in [-0.05, 0) is 23.8 Å². The zero-order chi connectivity index (χ0) is 22.5. The van der Waals surface area contributed by atoms with Crippen molar-refractivity contribution in [3.63, 3.8) is 0 Å². The number of aromatic nitrogens is 3. The fourth-order valence-corrected chi connectivity index (χ4v) is 4.83. The SMILES string of the molecule is COc1ccccc1-n1cnnc1SCC(=O)Nc1sc(-c2ccccc2)cc1C(N)=O. The van der Waals surface area contributed by atoms with Crippen LogP contribution in [-0.2, 0) is 4.79 Å². The number of benzene rings is 2. The molecule has 2 aromatic heterocycles. The molecule has 10 heteroatoms. The topological polar surface area (TPSA) is 112 Å². The first-order valence-electron chi connectivity index (χ1n) is 9.52. The van der Waals surface area contributed by atoms with Gasteiger partial charge < -0.3 is 15.8 Å². The van der Waals surface area contributed by atoms with Crippen molar-refractivity contribution in [1.29, 1.82) is 0 Å². The van der Waals surface area contributed by atoms with Crippen molar-refractivity contribution >= 4 is 39.9 Å². The molecule has 3 N–H and O–H groups in total. The molecule has 0 atom stereocenters. The highest BCUT2D eigenvalue weighted by molar-refractivity contribution is 7.99. The Kier molecular flexibility index (Phi) is 6.52. The van der Waals surface area contributed by atoms with Gasteiger partial charge in [0.2, 0.25) is 5.91 Å². The van der Waals surface area contributed by atoms with Gasteiger partial charge in [0, 0.05) is 4.88 Å². The van der Waals surface area contributed by atoms with Crippen molar-refractivity contribution < 1.29 is 14.3 Å². The van der Waals surface area contributed by atoms with E-state index in [4.69, 9.17) is 10.5 Å². The number of hydrogen-bond acceptors (Lipinski definition) is 7. The molecule has 0 bridgehead atoms.